The molecule has 0 saturated heterocycles. The van der Waals surface area contributed by atoms with E-state index in [2.05, 4.69) is 22.2 Å². The van der Waals surface area contributed by atoms with E-state index in [0.29, 0.717) is 6.54 Å². The minimum absolute atomic E-state index is 0.703. The molecule has 3 aromatic rings. The molecule has 0 amide bonds. The van der Waals surface area contributed by atoms with Crippen LogP contribution in [-0.4, -0.2) is 14.4 Å². The van der Waals surface area contributed by atoms with Crippen LogP contribution < -0.4 is 5.32 Å². The Morgan fingerprint density at radius 2 is 2.22 bits per heavy atom. The molecule has 0 aliphatic carbocycles. The molecule has 4 nitrogen and oxygen atoms in total. The minimum Gasteiger partial charge on any atom is -0.378 e. The van der Waals surface area contributed by atoms with E-state index < -0.39 is 0 Å². The smallest absolute Gasteiger partial charge is 0.137 e. The Hall–Kier alpha value is -2.36. The molecule has 4 heteroatoms. The maximum Gasteiger partial charge on any atom is 0.137 e. The summed E-state index contributed by atoms with van der Waals surface area (Å²) in [4.78, 5) is 8.65. The number of fused-ring (bicyclic) bond motifs is 1. The molecule has 0 saturated carbocycles. The zero-order chi connectivity index (χ0) is 12.4. The van der Waals surface area contributed by atoms with Crippen LogP contribution in [0.25, 0.3) is 5.65 Å². The highest BCUT2D eigenvalue weighted by atomic mass is 15.0. The average Bonchev–Trinajstić information content (AvgIpc) is 2.80. The van der Waals surface area contributed by atoms with E-state index in [-0.39, 0.29) is 0 Å². The number of nitrogens with one attached hydrogen (secondary N) is 1. The van der Waals surface area contributed by atoms with Gasteiger partial charge < -0.3 is 9.72 Å². The molecule has 0 spiro atoms. The molecule has 3 aromatic heterocycles. The van der Waals surface area contributed by atoms with Crippen molar-refractivity contribution in [1.82, 2.24) is 14.4 Å². The normalized spacial score (nSPS) is 10.7. The molecule has 0 aromatic carbocycles. The topological polar surface area (TPSA) is 42.2 Å². The van der Waals surface area contributed by atoms with E-state index >= 15 is 0 Å². The minimum atomic E-state index is 0.703. The summed E-state index contributed by atoms with van der Waals surface area (Å²) in [6.07, 6.45) is 7.67. The van der Waals surface area contributed by atoms with Gasteiger partial charge in [0, 0.05) is 18.6 Å². The number of pyridine rings is 2. The van der Waals surface area contributed by atoms with Crippen LogP contribution in [0.15, 0.2) is 49.1 Å². The van der Waals surface area contributed by atoms with Crippen LogP contribution in [0.2, 0.25) is 0 Å². The van der Waals surface area contributed by atoms with Crippen molar-refractivity contribution in [2.75, 3.05) is 5.32 Å². The summed E-state index contributed by atoms with van der Waals surface area (Å²) < 4.78 is 2.02. The number of rotatable bonds is 3. The molecule has 3 heterocycles. The van der Waals surface area contributed by atoms with Crippen molar-refractivity contribution in [2.45, 2.75) is 13.5 Å². The quantitative estimate of drug-likeness (QED) is 0.762. The molecule has 0 atom stereocenters. The van der Waals surface area contributed by atoms with Gasteiger partial charge in [0.15, 0.2) is 0 Å². The van der Waals surface area contributed by atoms with Crippen molar-refractivity contribution >= 4 is 11.3 Å². The molecule has 0 radical (unpaired) electrons. The third kappa shape index (κ3) is 2.05. The van der Waals surface area contributed by atoms with Gasteiger partial charge in [-0.15, -0.1) is 0 Å². The number of aromatic nitrogens is 3. The lowest BCUT2D eigenvalue weighted by atomic mass is 10.2. The van der Waals surface area contributed by atoms with Crippen molar-refractivity contribution in [3.63, 3.8) is 0 Å². The Morgan fingerprint density at radius 3 is 3.06 bits per heavy atom. The van der Waals surface area contributed by atoms with Gasteiger partial charge in [0.05, 0.1) is 24.1 Å². The van der Waals surface area contributed by atoms with Crippen molar-refractivity contribution in [2.24, 2.45) is 0 Å². The standard InChI is InChI=1S/C14H14N4/c1-11-5-6-15-9-13(11)16-8-12-10-18-7-3-2-4-14(18)17-12/h2-7,9-10,16H,8H2,1H3. The second-order valence-electron chi connectivity index (χ2n) is 4.24. The number of anilines is 1. The van der Waals surface area contributed by atoms with E-state index in [0.717, 1.165) is 17.0 Å². The molecule has 0 unspecified atom stereocenters. The second-order valence-corrected chi connectivity index (χ2v) is 4.24. The maximum absolute atomic E-state index is 4.54. The summed E-state index contributed by atoms with van der Waals surface area (Å²) in [6.45, 7) is 2.77. The van der Waals surface area contributed by atoms with Crippen molar-refractivity contribution < 1.29 is 0 Å². The fourth-order valence-corrected chi connectivity index (χ4v) is 1.91. The summed E-state index contributed by atoms with van der Waals surface area (Å²) in [5, 5.41) is 3.35. The van der Waals surface area contributed by atoms with Gasteiger partial charge in [-0.05, 0) is 30.7 Å². The summed E-state index contributed by atoms with van der Waals surface area (Å²) >= 11 is 0. The summed E-state index contributed by atoms with van der Waals surface area (Å²) in [5.74, 6) is 0. The first-order valence-electron chi connectivity index (χ1n) is 5.90. The van der Waals surface area contributed by atoms with Gasteiger partial charge in [0.2, 0.25) is 0 Å². The fraction of sp³-hybridized carbons (Fsp3) is 0.143. The Labute approximate surface area is 105 Å². The van der Waals surface area contributed by atoms with Gasteiger partial charge in [-0.25, -0.2) is 4.98 Å². The van der Waals surface area contributed by atoms with Gasteiger partial charge in [-0.1, -0.05) is 6.07 Å². The largest absolute Gasteiger partial charge is 0.378 e. The second kappa shape index (κ2) is 4.49. The number of hydrogen-bond donors (Lipinski definition) is 1. The van der Waals surface area contributed by atoms with Gasteiger partial charge in [0.1, 0.15) is 5.65 Å². The zero-order valence-corrected chi connectivity index (χ0v) is 10.2. The number of imidazole rings is 1. The summed E-state index contributed by atoms with van der Waals surface area (Å²) in [5.41, 5.74) is 4.23. The molecule has 0 bridgehead atoms. The number of aryl methyl sites for hydroxylation is 1. The predicted octanol–water partition coefficient (Wildman–Crippen LogP) is 2.65. The maximum atomic E-state index is 4.54. The first-order chi connectivity index (χ1) is 8.83. The SMILES string of the molecule is Cc1ccncc1NCc1cn2ccccc2n1. The Bertz CT molecular complexity index is 639. The van der Waals surface area contributed by atoms with Crippen LogP contribution in [-0.2, 0) is 6.54 Å². The third-order valence-corrected chi connectivity index (χ3v) is 2.91. The molecule has 90 valence electrons. The number of hydrogen-bond acceptors (Lipinski definition) is 3. The Kier molecular flexibility index (Phi) is 2.68. The highest BCUT2D eigenvalue weighted by molar-refractivity contribution is 5.48. The highest BCUT2D eigenvalue weighted by Crippen LogP contribution is 2.13. The molecular weight excluding hydrogens is 224 g/mol. The zero-order valence-electron chi connectivity index (χ0n) is 10.2. The molecule has 0 aliphatic rings. The lowest BCUT2D eigenvalue weighted by molar-refractivity contribution is 1.07. The van der Waals surface area contributed by atoms with E-state index in [4.69, 9.17) is 0 Å². The lowest BCUT2D eigenvalue weighted by Gasteiger charge is -2.06. The lowest BCUT2D eigenvalue weighted by Crippen LogP contribution is -2.01. The Balaban J connectivity index is 1.79. The summed E-state index contributed by atoms with van der Waals surface area (Å²) in [6, 6.07) is 7.98. The van der Waals surface area contributed by atoms with Crippen molar-refractivity contribution in [3.8, 4) is 0 Å². The first kappa shape index (κ1) is 10.8. The Morgan fingerprint density at radius 1 is 1.28 bits per heavy atom. The predicted molar refractivity (Wildman–Crippen MR) is 71.5 cm³/mol. The van der Waals surface area contributed by atoms with Crippen LogP contribution >= 0.6 is 0 Å². The van der Waals surface area contributed by atoms with Gasteiger partial charge >= 0.3 is 0 Å². The highest BCUT2D eigenvalue weighted by Gasteiger charge is 2.02. The van der Waals surface area contributed by atoms with E-state index in [1.807, 2.05) is 47.3 Å². The van der Waals surface area contributed by atoms with E-state index in [1.54, 1.807) is 6.20 Å². The van der Waals surface area contributed by atoms with E-state index in [9.17, 15) is 0 Å². The van der Waals surface area contributed by atoms with Crippen LogP contribution in [0.5, 0.6) is 0 Å². The first-order valence-corrected chi connectivity index (χ1v) is 5.90. The monoisotopic (exact) mass is 238 g/mol. The van der Waals surface area contributed by atoms with Crippen LogP contribution in [0.1, 0.15) is 11.3 Å². The summed E-state index contributed by atoms with van der Waals surface area (Å²) in [7, 11) is 0. The molecule has 18 heavy (non-hydrogen) atoms. The van der Waals surface area contributed by atoms with Crippen LogP contribution in [0.4, 0.5) is 5.69 Å². The van der Waals surface area contributed by atoms with Gasteiger partial charge in [-0.2, -0.15) is 0 Å². The molecule has 0 fully saturated rings. The van der Waals surface area contributed by atoms with Crippen molar-refractivity contribution in [3.05, 3.63) is 60.3 Å². The molecular formula is C14H14N4. The average molecular weight is 238 g/mol. The van der Waals surface area contributed by atoms with Crippen LogP contribution in [0, 0.1) is 6.92 Å². The molecule has 0 aliphatic heterocycles. The molecule has 3 rings (SSSR count). The van der Waals surface area contributed by atoms with Crippen LogP contribution in [0.3, 0.4) is 0 Å². The third-order valence-electron chi connectivity index (χ3n) is 2.91. The molecule has 1 N–H and O–H groups in total. The van der Waals surface area contributed by atoms with Crippen molar-refractivity contribution in [1.29, 1.82) is 0 Å². The van der Waals surface area contributed by atoms with E-state index in [1.165, 1.54) is 5.56 Å². The number of nitrogens with zero attached hydrogens (tertiary/aromatic N) is 3. The van der Waals surface area contributed by atoms with Gasteiger partial charge in [-0.3, -0.25) is 4.98 Å². The van der Waals surface area contributed by atoms with Gasteiger partial charge in [0.25, 0.3) is 0 Å². The fourth-order valence-electron chi connectivity index (χ4n) is 1.91.